The van der Waals surface area contributed by atoms with E-state index in [4.69, 9.17) is 9.47 Å². The van der Waals surface area contributed by atoms with Crippen LogP contribution in [0.25, 0.3) is 24.3 Å². The van der Waals surface area contributed by atoms with E-state index in [1.165, 1.54) is 0 Å². The van der Waals surface area contributed by atoms with Crippen LogP contribution < -0.4 is 0 Å². The summed E-state index contributed by atoms with van der Waals surface area (Å²) in [5.74, 6) is -0.638. The summed E-state index contributed by atoms with van der Waals surface area (Å²) in [6.07, 6.45) is 8.09. The number of esters is 2. The minimum absolute atomic E-state index is 0.319. The molecule has 186 valence electrons. The predicted molar refractivity (Wildman–Crippen MR) is 148 cm³/mol. The molecule has 0 unspecified atom stereocenters. The van der Waals surface area contributed by atoms with Crippen LogP contribution in [0.4, 0.5) is 0 Å². The van der Waals surface area contributed by atoms with E-state index in [2.05, 4.69) is 24.3 Å². The van der Waals surface area contributed by atoms with Crippen molar-refractivity contribution >= 4 is 36.2 Å². The number of rotatable bonds is 6. The largest absolute Gasteiger partial charge is 0.456 e. The highest BCUT2D eigenvalue weighted by Crippen LogP contribution is 2.17. The van der Waals surface area contributed by atoms with Crippen molar-refractivity contribution < 1.29 is 19.1 Å². The third-order valence-corrected chi connectivity index (χ3v) is 4.96. The molecule has 0 saturated heterocycles. The quantitative estimate of drug-likeness (QED) is 0.264. The van der Waals surface area contributed by atoms with E-state index in [1.807, 2.05) is 90.1 Å². The second kappa shape index (κ2) is 11.2. The first kappa shape index (κ1) is 26.7. The molecule has 0 aliphatic heterocycles. The van der Waals surface area contributed by atoms with Gasteiger partial charge in [-0.1, -0.05) is 72.8 Å². The Balaban J connectivity index is 1.57. The van der Waals surface area contributed by atoms with Crippen molar-refractivity contribution in [3.8, 4) is 0 Å². The molecule has 0 aromatic heterocycles. The maximum absolute atomic E-state index is 12.1. The second-order valence-electron chi connectivity index (χ2n) is 10.6. The molecule has 0 aliphatic rings. The SMILES string of the molecule is CC(C)(C)OC(=O)c1ccc(C=Cc2ccc(/C=C/c3ccc(C(=O)OC(C)(C)C)cc3)cc2)cc1. The summed E-state index contributed by atoms with van der Waals surface area (Å²) < 4.78 is 10.8. The van der Waals surface area contributed by atoms with Gasteiger partial charge in [0.25, 0.3) is 0 Å². The summed E-state index contributed by atoms with van der Waals surface area (Å²) in [5.41, 5.74) is 4.21. The smallest absolute Gasteiger partial charge is 0.338 e. The Labute approximate surface area is 214 Å². The van der Waals surface area contributed by atoms with E-state index in [0.29, 0.717) is 11.1 Å². The Morgan fingerprint density at radius 3 is 0.917 bits per heavy atom. The van der Waals surface area contributed by atoms with Gasteiger partial charge in [-0.05, 0) is 88.1 Å². The van der Waals surface area contributed by atoms with Crippen LogP contribution in [0.1, 0.15) is 84.5 Å². The molecule has 4 heteroatoms. The fraction of sp³-hybridized carbons (Fsp3) is 0.250. The number of ether oxygens (including phenoxy) is 2. The van der Waals surface area contributed by atoms with Crippen molar-refractivity contribution in [3.05, 3.63) is 106 Å². The third kappa shape index (κ3) is 8.70. The summed E-state index contributed by atoms with van der Waals surface area (Å²) in [6, 6.07) is 22.9. The standard InChI is InChI=1S/C32H34O4/c1-31(2,3)35-29(33)27-19-15-25(16-20-27)13-11-23-7-9-24(10-8-23)12-14-26-17-21-28(22-18-26)30(34)36-32(4,5)6/h7-22H,1-6H3/b13-11+,14-12?. The zero-order chi connectivity index (χ0) is 26.3. The van der Waals surface area contributed by atoms with Gasteiger partial charge in [0.2, 0.25) is 0 Å². The Bertz CT molecular complexity index is 1130. The van der Waals surface area contributed by atoms with E-state index in [1.54, 1.807) is 24.3 Å². The molecular formula is C32H34O4. The minimum atomic E-state index is -0.511. The normalized spacial score (nSPS) is 12.2. The Kier molecular flexibility index (Phi) is 8.31. The molecule has 0 amide bonds. The highest BCUT2D eigenvalue weighted by atomic mass is 16.6. The third-order valence-electron chi connectivity index (χ3n) is 4.96. The molecule has 0 aliphatic carbocycles. The van der Waals surface area contributed by atoms with Crippen LogP contribution >= 0.6 is 0 Å². The fourth-order valence-electron chi connectivity index (χ4n) is 3.24. The van der Waals surface area contributed by atoms with E-state index < -0.39 is 11.2 Å². The first-order valence-corrected chi connectivity index (χ1v) is 12.0. The summed E-state index contributed by atoms with van der Waals surface area (Å²) in [7, 11) is 0. The highest BCUT2D eigenvalue weighted by Gasteiger charge is 2.18. The summed E-state index contributed by atoms with van der Waals surface area (Å²) >= 11 is 0. The van der Waals surface area contributed by atoms with Gasteiger partial charge in [-0.25, -0.2) is 9.59 Å². The van der Waals surface area contributed by atoms with Gasteiger partial charge in [0, 0.05) is 0 Å². The van der Waals surface area contributed by atoms with Gasteiger partial charge in [-0.2, -0.15) is 0 Å². The molecule has 3 aromatic carbocycles. The van der Waals surface area contributed by atoms with Gasteiger partial charge < -0.3 is 9.47 Å². The molecule has 0 atom stereocenters. The van der Waals surface area contributed by atoms with Crippen molar-refractivity contribution in [2.75, 3.05) is 0 Å². The van der Waals surface area contributed by atoms with Gasteiger partial charge in [0.05, 0.1) is 11.1 Å². The number of benzene rings is 3. The highest BCUT2D eigenvalue weighted by molar-refractivity contribution is 5.90. The molecule has 3 aromatic rings. The summed E-state index contributed by atoms with van der Waals surface area (Å²) in [5, 5.41) is 0. The van der Waals surface area contributed by atoms with E-state index >= 15 is 0 Å². The first-order chi connectivity index (χ1) is 16.9. The Hall–Kier alpha value is -3.92. The van der Waals surface area contributed by atoms with Crippen LogP contribution in [0.5, 0.6) is 0 Å². The maximum atomic E-state index is 12.1. The van der Waals surface area contributed by atoms with Crippen LogP contribution in [0.15, 0.2) is 72.8 Å². The van der Waals surface area contributed by atoms with Gasteiger partial charge >= 0.3 is 11.9 Å². The second-order valence-corrected chi connectivity index (χ2v) is 10.6. The van der Waals surface area contributed by atoms with E-state index in [-0.39, 0.29) is 11.9 Å². The van der Waals surface area contributed by atoms with Crippen molar-refractivity contribution in [1.29, 1.82) is 0 Å². The lowest BCUT2D eigenvalue weighted by Crippen LogP contribution is -2.23. The minimum Gasteiger partial charge on any atom is -0.456 e. The molecule has 0 heterocycles. The summed E-state index contributed by atoms with van der Waals surface area (Å²) in [4.78, 5) is 24.3. The zero-order valence-corrected chi connectivity index (χ0v) is 21.9. The van der Waals surface area contributed by atoms with Crippen LogP contribution in [0, 0.1) is 0 Å². The Morgan fingerprint density at radius 1 is 0.472 bits per heavy atom. The molecule has 0 N–H and O–H groups in total. The molecule has 3 rings (SSSR count). The van der Waals surface area contributed by atoms with E-state index in [0.717, 1.165) is 22.3 Å². The Morgan fingerprint density at radius 2 is 0.694 bits per heavy atom. The molecule has 0 saturated carbocycles. The monoisotopic (exact) mass is 482 g/mol. The molecule has 36 heavy (non-hydrogen) atoms. The van der Waals surface area contributed by atoms with E-state index in [9.17, 15) is 9.59 Å². The molecule has 0 fully saturated rings. The topological polar surface area (TPSA) is 52.6 Å². The van der Waals surface area contributed by atoms with Crippen LogP contribution in [0.3, 0.4) is 0 Å². The lowest BCUT2D eigenvalue weighted by Gasteiger charge is -2.19. The molecule has 4 nitrogen and oxygen atoms in total. The number of carbonyl (C=O) groups is 2. The molecule has 0 bridgehead atoms. The van der Waals surface area contributed by atoms with Gasteiger partial charge in [-0.15, -0.1) is 0 Å². The fourth-order valence-corrected chi connectivity index (χ4v) is 3.24. The van der Waals surface area contributed by atoms with Crippen molar-refractivity contribution in [2.24, 2.45) is 0 Å². The number of hydrogen-bond donors (Lipinski definition) is 0. The lowest BCUT2D eigenvalue weighted by molar-refractivity contribution is 0.00570. The average molecular weight is 483 g/mol. The number of hydrogen-bond acceptors (Lipinski definition) is 4. The lowest BCUT2D eigenvalue weighted by atomic mass is 10.1. The average Bonchev–Trinajstić information content (AvgIpc) is 2.80. The van der Waals surface area contributed by atoms with Crippen molar-refractivity contribution in [2.45, 2.75) is 52.7 Å². The maximum Gasteiger partial charge on any atom is 0.338 e. The van der Waals surface area contributed by atoms with Crippen LogP contribution in [0.2, 0.25) is 0 Å². The molecule has 0 radical (unpaired) electrons. The molecular weight excluding hydrogens is 448 g/mol. The van der Waals surface area contributed by atoms with Crippen molar-refractivity contribution in [1.82, 2.24) is 0 Å². The zero-order valence-electron chi connectivity index (χ0n) is 21.9. The van der Waals surface area contributed by atoms with Gasteiger partial charge in [0.15, 0.2) is 0 Å². The predicted octanol–water partition coefficient (Wildman–Crippen LogP) is 7.94. The first-order valence-electron chi connectivity index (χ1n) is 12.0. The van der Waals surface area contributed by atoms with Gasteiger partial charge in [-0.3, -0.25) is 0 Å². The molecule has 0 spiro atoms. The number of carbonyl (C=O) groups excluding carboxylic acids is 2. The summed E-state index contributed by atoms with van der Waals surface area (Å²) in [6.45, 7) is 11.1. The van der Waals surface area contributed by atoms with Crippen molar-refractivity contribution in [3.63, 3.8) is 0 Å². The van der Waals surface area contributed by atoms with Crippen LogP contribution in [-0.2, 0) is 9.47 Å². The van der Waals surface area contributed by atoms with Gasteiger partial charge in [0.1, 0.15) is 11.2 Å². The van der Waals surface area contributed by atoms with Crippen LogP contribution in [-0.4, -0.2) is 23.1 Å².